The van der Waals surface area contributed by atoms with Gasteiger partial charge in [-0.05, 0) is 31.0 Å². The predicted molar refractivity (Wildman–Crippen MR) is 87.3 cm³/mol. The second-order valence-corrected chi connectivity index (χ2v) is 5.20. The molecule has 0 aliphatic rings. The minimum atomic E-state index is 0.0389. The number of hydrogen-bond donors (Lipinski definition) is 2. The summed E-state index contributed by atoms with van der Waals surface area (Å²) in [6, 6.07) is 18.3. The van der Waals surface area contributed by atoms with E-state index in [-0.39, 0.29) is 11.9 Å². The molecule has 3 heteroatoms. The number of hydrogen-bond acceptors (Lipinski definition) is 2. The van der Waals surface area contributed by atoms with E-state index in [0.29, 0.717) is 13.0 Å². The predicted octanol–water partition coefficient (Wildman–Crippen LogP) is 3.67. The van der Waals surface area contributed by atoms with Crippen molar-refractivity contribution in [3.8, 4) is 0 Å². The molecule has 2 N–H and O–H groups in total. The van der Waals surface area contributed by atoms with Gasteiger partial charge in [0.2, 0.25) is 5.91 Å². The largest absolute Gasteiger partial charge is 0.326 e. The van der Waals surface area contributed by atoms with Gasteiger partial charge in [-0.3, -0.25) is 4.79 Å². The second kappa shape index (κ2) is 7.60. The van der Waals surface area contributed by atoms with Gasteiger partial charge in [0.05, 0.1) is 0 Å². The number of rotatable bonds is 6. The summed E-state index contributed by atoms with van der Waals surface area (Å²) in [6.45, 7) is 4.76. The number of carbonyl (C=O) groups is 1. The molecule has 3 nitrogen and oxygen atoms in total. The summed E-state index contributed by atoms with van der Waals surface area (Å²) in [5, 5.41) is 6.31. The minimum Gasteiger partial charge on any atom is -0.326 e. The molecule has 1 atom stereocenters. The van der Waals surface area contributed by atoms with Gasteiger partial charge < -0.3 is 10.6 Å². The highest BCUT2D eigenvalue weighted by molar-refractivity contribution is 5.91. The first-order valence-corrected chi connectivity index (χ1v) is 7.30. The molecule has 0 bridgehead atoms. The van der Waals surface area contributed by atoms with Crippen molar-refractivity contribution < 1.29 is 4.79 Å². The standard InChI is InChI=1S/C18H22N2O/c1-14-8-6-7-11-17(14)20-18(21)12-13-19-15(2)16-9-4-3-5-10-16/h3-11,15,19H,12-13H2,1-2H3,(H,20,21). The Kier molecular flexibility index (Phi) is 5.52. The van der Waals surface area contributed by atoms with E-state index < -0.39 is 0 Å². The Morgan fingerprint density at radius 1 is 1.05 bits per heavy atom. The lowest BCUT2D eigenvalue weighted by Crippen LogP contribution is -2.24. The van der Waals surface area contributed by atoms with Crippen LogP contribution in [0, 0.1) is 6.92 Å². The molecular weight excluding hydrogens is 260 g/mol. The summed E-state index contributed by atoms with van der Waals surface area (Å²) >= 11 is 0. The van der Waals surface area contributed by atoms with Crippen LogP contribution in [0.5, 0.6) is 0 Å². The van der Waals surface area contributed by atoms with E-state index in [1.54, 1.807) is 0 Å². The van der Waals surface area contributed by atoms with Crippen molar-refractivity contribution in [3.05, 3.63) is 65.7 Å². The number of amides is 1. The van der Waals surface area contributed by atoms with E-state index >= 15 is 0 Å². The summed E-state index contributed by atoms with van der Waals surface area (Å²) in [4.78, 5) is 11.9. The molecule has 0 radical (unpaired) electrons. The third-order valence-electron chi connectivity index (χ3n) is 3.52. The molecule has 0 heterocycles. The lowest BCUT2D eigenvalue weighted by Gasteiger charge is -2.14. The molecule has 1 unspecified atom stereocenters. The first-order valence-electron chi connectivity index (χ1n) is 7.30. The Balaban J connectivity index is 1.76. The average molecular weight is 282 g/mol. The van der Waals surface area contributed by atoms with Crippen LogP contribution in [0.2, 0.25) is 0 Å². The number of benzene rings is 2. The van der Waals surface area contributed by atoms with Crippen molar-refractivity contribution in [1.82, 2.24) is 5.32 Å². The lowest BCUT2D eigenvalue weighted by molar-refractivity contribution is -0.116. The molecule has 0 fully saturated rings. The fraction of sp³-hybridized carbons (Fsp3) is 0.278. The van der Waals surface area contributed by atoms with Crippen LogP contribution < -0.4 is 10.6 Å². The van der Waals surface area contributed by atoms with Crippen molar-refractivity contribution in [1.29, 1.82) is 0 Å². The fourth-order valence-corrected chi connectivity index (χ4v) is 2.19. The molecule has 2 aromatic carbocycles. The van der Waals surface area contributed by atoms with Crippen molar-refractivity contribution >= 4 is 11.6 Å². The van der Waals surface area contributed by atoms with Gasteiger partial charge in [-0.15, -0.1) is 0 Å². The van der Waals surface area contributed by atoms with E-state index in [1.807, 2.05) is 49.4 Å². The van der Waals surface area contributed by atoms with Crippen LogP contribution in [0.3, 0.4) is 0 Å². The van der Waals surface area contributed by atoms with Crippen LogP contribution >= 0.6 is 0 Å². The summed E-state index contributed by atoms with van der Waals surface area (Å²) in [5.41, 5.74) is 3.20. The molecule has 0 saturated carbocycles. The van der Waals surface area contributed by atoms with Gasteiger partial charge in [-0.1, -0.05) is 48.5 Å². The quantitative estimate of drug-likeness (QED) is 0.848. The zero-order valence-corrected chi connectivity index (χ0v) is 12.6. The van der Waals surface area contributed by atoms with E-state index in [2.05, 4.69) is 29.7 Å². The van der Waals surface area contributed by atoms with Crippen molar-refractivity contribution in [2.45, 2.75) is 26.3 Å². The zero-order valence-electron chi connectivity index (χ0n) is 12.6. The Hall–Kier alpha value is -2.13. The van der Waals surface area contributed by atoms with Gasteiger partial charge >= 0.3 is 0 Å². The number of aryl methyl sites for hydroxylation is 1. The van der Waals surface area contributed by atoms with E-state index in [0.717, 1.165) is 11.3 Å². The molecule has 0 spiro atoms. The zero-order chi connectivity index (χ0) is 15.1. The van der Waals surface area contributed by atoms with Gasteiger partial charge in [0.15, 0.2) is 0 Å². The molecular formula is C18H22N2O. The van der Waals surface area contributed by atoms with E-state index in [1.165, 1.54) is 5.56 Å². The van der Waals surface area contributed by atoms with Crippen LogP contribution in [-0.4, -0.2) is 12.5 Å². The van der Waals surface area contributed by atoms with Crippen LogP contribution in [0.1, 0.15) is 30.5 Å². The SMILES string of the molecule is Cc1ccccc1NC(=O)CCNC(C)c1ccccc1. The van der Waals surface area contributed by atoms with Crippen LogP contribution in [0.15, 0.2) is 54.6 Å². The maximum Gasteiger partial charge on any atom is 0.225 e. The first kappa shape index (κ1) is 15.3. The van der Waals surface area contributed by atoms with Crippen LogP contribution in [0.4, 0.5) is 5.69 Å². The smallest absolute Gasteiger partial charge is 0.225 e. The summed E-state index contributed by atoms with van der Waals surface area (Å²) < 4.78 is 0. The molecule has 0 aliphatic carbocycles. The van der Waals surface area contributed by atoms with Gasteiger partial charge in [-0.25, -0.2) is 0 Å². The molecule has 2 aromatic rings. The maximum atomic E-state index is 11.9. The number of anilines is 1. The van der Waals surface area contributed by atoms with Crippen molar-refractivity contribution in [2.75, 3.05) is 11.9 Å². The maximum absolute atomic E-state index is 11.9. The number of para-hydroxylation sites is 1. The Bertz CT molecular complexity index is 581. The Morgan fingerprint density at radius 3 is 2.43 bits per heavy atom. The first-order chi connectivity index (χ1) is 10.2. The Morgan fingerprint density at radius 2 is 1.71 bits per heavy atom. The number of carbonyl (C=O) groups excluding carboxylic acids is 1. The molecule has 110 valence electrons. The second-order valence-electron chi connectivity index (χ2n) is 5.20. The van der Waals surface area contributed by atoms with Gasteiger partial charge in [0.1, 0.15) is 0 Å². The van der Waals surface area contributed by atoms with Crippen molar-refractivity contribution in [3.63, 3.8) is 0 Å². The van der Waals surface area contributed by atoms with Crippen LogP contribution in [0.25, 0.3) is 0 Å². The van der Waals surface area contributed by atoms with Crippen LogP contribution in [-0.2, 0) is 4.79 Å². The number of nitrogens with one attached hydrogen (secondary N) is 2. The molecule has 1 amide bonds. The van der Waals surface area contributed by atoms with E-state index in [4.69, 9.17) is 0 Å². The highest BCUT2D eigenvalue weighted by Crippen LogP contribution is 2.13. The highest BCUT2D eigenvalue weighted by atomic mass is 16.1. The minimum absolute atomic E-state index is 0.0389. The van der Waals surface area contributed by atoms with Gasteiger partial charge in [0.25, 0.3) is 0 Å². The van der Waals surface area contributed by atoms with Gasteiger partial charge in [-0.2, -0.15) is 0 Å². The molecule has 0 saturated heterocycles. The normalized spacial score (nSPS) is 11.9. The summed E-state index contributed by atoms with van der Waals surface area (Å²) in [7, 11) is 0. The van der Waals surface area contributed by atoms with E-state index in [9.17, 15) is 4.79 Å². The molecule has 2 rings (SSSR count). The van der Waals surface area contributed by atoms with Crippen molar-refractivity contribution in [2.24, 2.45) is 0 Å². The third-order valence-corrected chi connectivity index (χ3v) is 3.52. The highest BCUT2D eigenvalue weighted by Gasteiger charge is 2.07. The average Bonchev–Trinajstić information content (AvgIpc) is 2.50. The molecule has 0 aliphatic heterocycles. The lowest BCUT2D eigenvalue weighted by atomic mass is 10.1. The molecule has 21 heavy (non-hydrogen) atoms. The molecule has 0 aromatic heterocycles. The third kappa shape index (κ3) is 4.72. The van der Waals surface area contributed by atoms with Gasteiger partial charge in [0, 0.05) is 24.7 Å². The Labute approximate surface area is 126 Å². The fourth-order valence-electron chi connectivity index (χ4n) is 2.19. The summed E-state index contributed by atoms with van der Waals surface area (Å²) in [6.07, 6.45) is 0.464. The summed E-state index contributed by atoms with van der Waals surface area (Å²) in [5.74, 6) is 0.0389. The topological polar surface area (TPSA) is 41.1 Å². The monoisotopic (exact) mass is 282 g/mol.